The average Bonchev–Trinajstić information content (AvgIpc) is 3.36. The molecule has 1 fully saturated rings. The summed E-state index contributed by atoms with van der Waals surface area (Å²) in [6, 6.07) is 4.00. The van der Waals surface area contributed by atoms with Gasteiger partial charge in [-0.3, -0.25) is 10.1 Å². The Morgan fingerprint density at radius 1 is 1.33 bits per heavy atom. The first-order valence-corrected chi connectivity index (χ1v) is 10.3. The predicted octanol–water partition coefficient (Wildman–Crippen LogP) is 3.45. The minimum atomic E-state index is -0.185. The molecule has 7 nitrogen and oxygen atoms in total. The minimum Gasteiger partial charge on any atom is -0.317 e. The third-order valence-corrected chi connectivity index (χ3v) is 6.64. The quantitative estimate of drug-likeness (QED) is 0.670. The Morgan fingerprint density at radius 2 is 2.11 bits per heavy atom. The summed E-state index contributed by atoms with van der Waals surface area (Å²) in [6.07, 6.45) is 2.05. The van der Waals surface area contributed by atoms with Crippen LogP contribution in [-0.2, 0) is 7.05 Å². The van der Waals surface area contributed by atoms with Crippen LogP contribution in [0.2, 0.25) is 0 Å². The highest BCUT2D eigenvalue weighted by atomic mass is 35.5. The van der Waals surface area contributed by atoms with Crippen molar-refractivity contribution in [3.8, 4) is 9.88 Å². The highest BCUT2D eigenvalue weighted by Crippen LogP contribution is 2.31. The van der Waals surface area contributed by atoms with E-state index in [2.05, 4.69) is 25.7 Å². The summed E-state index contributed by atoms with van der Waals surface area (Å²) < 4.78 is 1.64. The zero-order chi connectivity index (χ0) is 18.1. The van der Waals surface area contributed by atoms with Gasteiger partial charge in [-0.1, -0.05) is 6.07 Å². The van der Waals surface area contributed by atoms with Crippen molar-refractivity contribution >= 4 is 46.9 Å². The number of hydrogen-bond donors (Lipinski definition) is 2. The van der Waals surface area contributed by atoms with Gasteiger partial charge in [0.2, 0.25) is 5.95 Å². The molecule has 0 spiro atoms. The maximum absolute atomic E-state index is 12.7. The fourth-order valence-corrected chi connectivity index (χ4v) is 4.80. The molecule has 0 unspecified atom stereocenters. The van der Waals surface area contributed by atoms with Gasteiger partial charge in [0, 0.05) is 13.0 Å². The molecule has 0 saturated carbocycles. The number of hydrogen-bond acceptors (Lipinski definition) is 7. The number of piperidine rings is 1. The molecule has 3 aromatic rings. The molecule has 0 atom stereocenters. The van der Waals surface area contributed by atoms with Crippen LogP contribution in [0.3, 0.4) is 0 Å². The van der Waals surface area contributed by atoms with Crippen LogP contribution in [0, 0.1) is 6.92 Å². The van der Waals surface area contributed by atoms with Crippen LogP contribution in [0.4, 0.5) is 5.95 Å². The van der Waals surface area contributed by atoms with E-state index in [0.717, 1.165) is 47.3 Å². The largest absolute Gasteiger partial charge is 0.317 e. The number of halogens is 1. The molecule has 4 rings (SSSR count). The smallest absolute Gasteiger partial charge is 0.270 e. The van der Waals surface area contributed by atoms with E-state index >= 15 is 0 Å². The van der Waals surface area contributed by atoms with Crippen molar-refractivity contribution in [2.45, 2.75) is 25.7 Å². The molecule has 1 amide bonds. The Morgan fingerprint density at radius 3 is 2.81 bits per heavy atom. The van der Waals surface area contributed by atoms with Crippen molar-refractivity contribution in [1.82, 2.24) is 25.1 Å². The number of amides is 1. The van der Waals surface area contributed by atoms with Gasteiger partial charge in [-0.05, 0) is 44.3 Å². The molecule has 2 N–H and O–H groups in total. The van der Waals surface area contributed by atoms with Gasteiger partial charge in [0.15, 0.2) is 5.82 Å². The third-order valence-electron chi connectivity index (χ3n) is 4.44. The molecule has 0 bridgehead atoms. The summed E-state index contributed by atoms with van der Waals surface area (Å²) in [6.45, 7) is 3.83. The molecule has 1 aliphatic rings. The van der Waals surface area contributed by atoms with E-state index in [1.165, 1.54) is 11.3 Å². The number of aromatic nitrogens is 4. The van der Waals surface area contributed by atoms with Crippen LogP contribution < -0.4 is 10.6 Å². The maximum atomic E-state index is 12.7. The number of thiophene rings is 1. The Kier molecular flexibility index (Phi) is 6.25. The Hall–Kier alpha value is -1.81. The second-order valence-electron chi connectivity index (χ2n) is 6.31. The Labute approximate surface area is 171 Å². The van der Waals surface area contributed by atoms with Crippen LogP contribution in [0.5, 0.6) is 0 Å². The second-order valence-corrected chi connectivity index (χ2v) is 8.25. The van der Waals surface area contributed by atoms with E-state index in [1.54, 1.807) is 16.0 Å². The highest BCUT2D eigenvalue weighted by molar-refractivity contribution is 7.22. The summed E-state index contributed by atoms with van der Waals surface area (Å²) in [7, 11) is 1.81. The van der Waals surface area contributed by atoms with Gasteiger partial charge in [0.25, 0.3) is 5.91 Å². The van der Waals surface area contributed by atoms with Crippen LogP contribution in [0.25, 0.3) is 9.88 Å². The molecule has 0 radical (unpaired) electrons. The molecule has 4 heterocycles. The number of carbonyl (C=O) groups excluding carboxylic acids is 1. The lowest BCUT2D eigenvalue weighted by Gasteiger charge is -2.19. The fourth-order valence-electron chi connectivity index (χ4n) is 3.04. The van der Waals surface area contributed by atoms with Gasteiger partial charge in [0.05, 0.1) is 10.6 Å². The van der Waals surface area contributed by atoms with Crippen LogP contribution in [-0.4, -0.2) is 38.7 Å². The average molecular weight is 425 g/mol. The molecule has 1 aliphatic heterocycles. The molecule has 0 aliphatic carbocycles. The first-order valence-electron chi connectivity index (χ1n) is 8.56. The highest BCUT2D eigenvalue weighted by Gasteiger charge is 2.23. The lowest BCUT2D eigenvalue weighted by molar-refractivity contribution is 0.102. The number of carbonyl (C=O) groups is 1. The number of aryl methyl sites for hydroxylation is 2. The topological polar surface area (TPSA) is 84.7 Å². The van der Waals surface area contributed by atoms with Crippen molar-refractivity contribution in [2.24, 2.45) is 7.05 Å². The predicted molar refractivity (Wildman–Crippen MR) is 111 cm³/mol. The summed E-state index contributed by atoms with van der Waals surface area (Å²) in [5.41, 5.74) is 0.733. The van der Waals surface area contributed by atoms with Gasteiger partial charge in [-0.15, -0.1) is 35.1 Å². The van der Waals surface area contributed by atoms with Crippen molar-refractivity contribution in [2.75, 3.05) is 18.4 Å². The fraction of sp³-hybridized carbons (Fsp3) is 0.412. The monoisotopic (exact) mass is 424 g/mol. The van der Waals surface area contributed by atoms with Crippen molar-refractivity contribution in [3.05, 3.63) is 33.9 Å². The number of nitrogens with zero attached hydrogens (tertiary/aromatic N) is 4. The van der Waals surface area contributed by atoms with E-state index in [-0.39, 0.29) is 18.3 Å². The molecule has 0 aromatic carbocycles. The molecule has 10 heteroatoms. The van der Waals surface area contributed by atoms with Crippen molar-refractivity contribution < 1.29 is 4.79 Å². The number of nitrogens with one attached hydrogen (secondary N) is 2. The molecule has 27 heavy (non-hydrogen) atoms. The molecular weight excluding hydrogens is 404 g/mol. The van der Waals surface area contributed by atoms with Crippen LogP contribution >= 0.6 is 35.1 Å². The van der Waals surface area contributed by atoms with Crippen molar-refractivity contribution in [3.63, 3.8) is 0 Å². The van der Waals surface area contributed by atoms with E-state index in [4.69, 9.17) is 0 Å². The van der Waals surface area contributed by atoms with E-state index < -0.39 is 0 Å². The van der Waals surface area contributed by atoms with Gasteiger partial charge >= 0.3 is 0 Å². The number of rotatable bonds is 4. The van der Waals surface area contributed by atoms with Gasteiger partial charge < -0.3 is 5.32 Å². The zero-order valence-corrected chi connectivity index (χ0v) is 17.5. The maximum Gasteiger partial charge on any atom is 0.270 e. The summed E-state index contributed by atoms with van der Waals surface area (Å²) in [4.78, 5) is 23.5. The SMILES string of the molecule is Cc1nc(-c2cccs2)sc1C(=O)Nc1nc(C2CCNCC2)nn1C.Cl. The Balaban J connectivity index is 0.00000210. The molecule has 144 valence electrons. The summed E-state index contributed by atoms with van der Waals surface area (Å²) in [5.74, 6) is 1.46. The molecule has 1 saturated heterocycles. The normalized spacial score (nSPS) is 14.7. The minimum absolute atomic E-state index is 0. The summed E-state index contributed by atoms with van der Waals surface area (Å²) in [5, 5.41) is 13.6. The zero-order valence-electron chi connectivity index (χ0n) is 15.1. The summed E-state index contributed by atoms with van der Waals surface area (Å²) >= 11 is 3.03. The first-order chi connectivity index (χ1) is 12.6. The standard InChI is InChI=1S/C17H20N6OS2.ClH/c1-10-13(26-16(19-10)12-4-3-9-25-12)15(24)21-17-20-14(22-23(17)2)11-5-7-18-8-6-11;/h3-4,9,11,18H,5-8H2,1-2H3,(H,20,21,22,24);1H. The third kappa shape index (κ3) is 4.21. The lowest BCUT2D eigenvalue weighted by atomic mass is 9.98. The number of thiazole rings is 1. The van der Waals surface area contributed by atoms with E-state index in [9.17, 15) is 4.79 Å². The van der Waals surface area contributed by atoms with Gasteiger partial charge in [-0.25, -0.2) is 9.67 Å². The Bertz CT molecular complexity index is 914. The van der Waals surface area contributed by atoms with Gasteiger partial charge in [-0.2, -0.15) is 10.1 Å². The van der Waals surface area contributed by atoms with Crippen LogP contribution in [0.15, 0.2) is 17.5 Å². The van der Waals surface area contributed by atoms with Crippen LogP contribution in [0.1, 0.15) is 39.9 Å². The van der Waals surface area contributed by atoms with Gasteiger partial charge in [0.1, 0.15) is 9.88 Å². The lowest BCUT2D eigenvalue weighted by Crippen LogP contribution is -2.27. The van der Waals surface area contributed by atoms with E-state index in [0.29, 0.717) is 16.7 Å². The molecule has 3 aromatic heterocycles. The van der Waals surface area contributed by atoms with E-state index in [1.807, 2.05) is 31.5 Å². The number of anilines is 1. The molecular formula is C17H21ClN6OS2. The first kappa shape index (κ1) is 19.9. The second kappa shape index (κ2) is 8.47. The van der Waals surface area contributed by atoms with Crippen molar-refractivity contribution in [1.29, 1.82) is 0 Å².